The minimum Gasteiger partial charge on any atom is -0.370 e. The zero-order chi connectivity index (χ0) is 23.9. The van der Waals surface area contributed by atoms with Crippen molar-refractivity contribution in [2.24, 2.45) is 5.92 Å². The second-order valence-electron chi connectivity index (χ2n) is 10.9. The third kappa shape index (κ3) is 3.44. The maximum absolute atomic E-state index is 13.3. The molecule has 6 rings (SSSR count). The number of anilines is 1. The van der Waals surface area contributed by atoms with Crippen LogP contribution in [-0.2, 0) is 0 Å². The summed E-state index contributed by atoms with van der Waals surface area (Å²) >= 11 is 1.31. The highest BCUT2D eigenvalue weighted by molar-refractivity contribution is 7.13. The predicted molar refractivity (Wildman–Crippen MR) is 126 cm³/mol. The maximum Gasteiger partial charge on any atom is 0.401 e. The highest BCUT2D eigenvalue weighted by Gasteiger charge is 2.68. The van der Waals surface area contributed by atoms with E-state index < -0.39 is 12.7 Å². The topological polar surface area (TPSA) is 51.7 Å². The minimum atomic E-state index is -4.19. The van der Waals surface area contributed by atoms with Crippen molar-refractivity contribution in [2.75, 3.05) is 44.7 Å². The highest BCUT2D eigenvalue weighted by Crippen LogP contribution is 2.60. The summed E-state index contributed by atoms with van der Waals surface area (Å²) in [5.74, 6) is 0.411. The van der Waals surface area contributed by atoms with Crippen LogP contribution < -0.4 is 10.2 Å². The highest BCUT2D eigenvalue weighted by atomic mass is 32.1. The van der Waals surface area contributed by atoms with Crippen LogP contribution in [0.3, 0.4) is 0 Å². The predicted octanol–water partition coefficient (Wildman–Crippen LogP) is 3.73. The van der Waals surface area contributed by atoms with Crippen molar-refractivity contribution >= 4 is 33.2 Å². The van der Waals surface area contributed by atoms with E-state index in [2.05, 4.69) is 26.4 Å². The smallest absolute Gasteiger partial charge is 0.370 e. The second kappa shape index (κ2) is 7.54. The number of benzene rings is 1. The van der Waals surface area contributed by atoms with Crippen molar-refractivity contribution < 1.29 is 18.0 Å². The first-order chi connectivity index (χ1) is 16.1. The first-order valence-electron chi connectivity index (χ1n) is 12.1. The van der Waals surface area contributed by atoms with Crippen LogP contribution in [0.5, 0.6) is 0 Å². The fourth-order valence-corrected chi connectivity index (χ4v) is 7.80. The van der Waals surface area contributed by atoms with Crippen LogP contribution in [0, 0.1) is 5.92 Å². The molecule has 6 nitrogen and oxygen atoms in total. The summed E-state index contributed by atoms with van der Waals surface area (Å²) < 4.78 is 43.7. The standard InChI is InChI=1S/C24H30F3N5OS/c1-22(13-32-10-8-23(32)7-5-19(22)23)28-21(33)20-17-4-3-15(11-18(17)34-29-20)31-9-6-16(12-31)30(2)14-24(25,26)27/h3-4,11,16,19H,5-10,12-14H2,1-2H3,(H,28,33)/t16?,19-,22+,23?/m1/s1. The number of nitrogens with one attached hydrogen (secondary N) is 1. The molecular weight excluding hydrogens is 463 g/mol. The van der Waals surface area contributed by atoms with Crippen LogP contribution in [-0.4, -0.2) is 83.1 Å². The van der Waals surface area contributed by atoms with Crippen molar-refractivity contribution in [1.82, 2.24) is 19.5 Å². The first-order valence-corrected chi connectivity index (χ1v) is 12.8. The molecule has 3 aliphatic heterocycles. The third-order valence-electron chi connectivity index (χ3n) is 8.90. The van der Waals surface area contributed by atoms with Crippen molar-refractivity contribution in [3.05, 3.63) is 23.9 Å². The van der Waals surface area contributed by atoms with Gasteiger partial charge in [-0.25, -0.2) is 0 Å². The molecule has 4 aliphatic rings. The van der Waals surface area contributed by atoms with Crippen LogP contribution in [0.4, 0.5) is 18.9 Å². The molecule has 3 saturated heterocycles. The molecule has 2 aromatic rings. The summed E-state index contributed by atoms with van der Waals surface area (Å²) in [5.41, 5.74) is 1.56. The molecule has 184 valence electrons. The Morgan fingerprint density at radius 2 is 2.12 bits per heavy atom. The molecule has 1 saturated carbocycles. The van der Waals surface area contributed by atoms with Gasteiger partial charge in [0.1, 0.15) is 5.69 Å². The quantitative estimate of drug-likeness (QED) is 0.688. The third-order valence-corrected chi connectivity index (χ3v) is 9.71. The van der Waals surface area contributed by atoms with E-state index in [9.17, 15) is 18.0 Å². The second-order valence-corrected chi connectivity index (χ2v) is 11.7. The molecule has 4 atom stereocenters. The van der Waals surface area contributed by atoms with Crippen LogP contribution in [0.25, 0.3) is 10.1 Å². The molecule has 1 spiro atoms. The number of alkyl halides is 3. The lowest BCUT2D eigenvalue weighted by Crippen LogP contribution is -2.65. The van der Waals surface area contributed by atoms with Crippen molar-refractivity contribution in [2.45, 2.75) is 55.9 Å². The summed E-state index contributed by atoms with van der Waals surface area (Å²) in [7, 11) is 1.54. The van der Waals surface area contributed by atoms with Gasteiger partial charge in [0.15, 0.2) is 0 Å². The summed E-state index contributed by atoms with van der Waals surface area (Å²) in [6.07, 6.45) is 0.166. The number of fused-ring (bicyclic) bond motifs is 1. The number of nitrogens with zero attached hydrogens (tertiary/aromatic N) is 4. The van der Waals surface area contributed by atoms with Crippen LogP contribution in [0.1, 0.15) is 43.1 Å². The number of likely N-dealkylation sites (N-methyl/N-ethyl adjacent to an activating group) is 1. The molecular formula is C24H30F3N5OS. The molecule has 1 aromatic carbocycles. The number of halogens is 3. The number of hydrogen-bond donors (Lipinski definition) is 1. The fraction of sp³-hybridized carbons (Fsp3) is 0.667. The van der Waals surface area contributed by atoms with Gasteiger partial charge in [0.05, 0.1) is 16.8 Å². The maximum atomic E-state index is 13.3. The lowest BCUT2D eigenvalue weighted by molar-refractivity contribution is -0.146. The molecule has 1 aliphatic carbocycles. The molecule has 1 amide bonds. The Morgan fingerprint density at radius 3 is 2.76 bits per heavy atom. The molecule has 10 heteroatoms. The summed E-state index contributed by atoms with van der Waals surface area (Å²) in [6.45, 7) is 4.60. The number of carbonyl (C=O) groups is 1. The number of carbonyl (C=O) groups excluding carboxylic acids is 1. The summed E-state index contributed by atoms with van der Waals surface area (Å²) in [5, 5.41) is 4.18. The van der Waals surface area contributed by atoms with Crippen LogP contribution in [0.2, 0.25) is 0 Å². The Morgan fingerprint density at radius 1 is 1.29 bits per heavy atom. The lowest BCUT2D eigenvalue weighted by Gasteiger charge is -2.59. The molecule has 0 bridgehead atoms. The average Bonchev–Trinajstić information content (AvgIpc) is 3.38. The van der Waals surface area contributed by atoms with Crippen molar-refractivity contribution in [1.29, 1.82) is 0 Å². The molecule has 4 heterocycles. The molecule has 34 heavy (non-hydrogen) atoms. The number of aromatic nitrogens is 1. The van der Waals surface area contributed by atoms with Crippen molar-refractivity contribution in [3.8, 4) is 0 Å². The average molecular weight is 494 g/mol. The van der Waals surface area contributed by atoms with Gasteiger partial charge in [-0.3, -0.25) is 14.6 Å². The Kier molecular flexibility index (Phi) is 5.00. The first kappa shape index (κ1) is 22.5. The van der Waals surface area contributed by atoms with E-state index in [-0.39, 0.29) is 17.5 Å². The Hall–Kier alpha value is -1.91. The van der Waals surface area contributed by atoms with E-state index in [0.717, 1.165) is 28.9 Å². The van der Waals surface area contributed by atoms with Gasteiger partial charge in [0.25, 0.3) is 5.91 Å². The van der Waals surface area contributed by atoms with Gasteiger partial charge in [0.2, 0.25) is 0 Å². The largest absolute Gasteiger partial charge is 0.401 e. The molecule has 1 aromatic heterocycles. The monoisotopic (exact) mass is 493 g/mol. The van der Waals surface area contributed by atoms with Gasteiger partial charge >= 0.3 is 6.18 Å². The number of rotatable bonds is 5. The summed E-state index contributed by atoms with van der Waals surface area (Å²) in [4.78, 5) is 19.3. The zero-order valence-electron chi connectivity index (χ0n) is 19.5. The van der Waals surface area contributed by atoms with E-state index >= 15 is 0 Å². The van der Waals surface area contributed by atoms with Gasteiger partial charge in [-0.2, -0.15) is 17.5 Å². The minimum absolute atomic E-state index is 0.110. The lowest BCUT2D eigenvalue weighted by atomic mass is 9.58. The van der Waals surface area contributed by atoms with E-state index in [4.69, 9.17) is 0 Å². The van der Waals surface area contributed by atoms with Gasteiger partial charge in [0, 0.05) is 54.8 Å². The molecule has 4 fully saturated rings. The van der Waals surface area contributed by atoms with Crippen molar-refractivity contribution in [3.63, 3.8) is 0 Å². The van der Waals surface area contributed by atoms with Gasteiger partial charge < -0.3 is 10.2 Å². The Labute approximate surface area is 201 Å². The number of hydrogen-bond acceptors (Lipinski definition) is 6. The molecule has 0 radical (unpaired) electrons. The van der Waals surface area contributed by atoms with E-state index in [1.165, 1.54) is 42.7 Å². The van der Waals surface area contributed by atoms with Crippen LogP contribution >= 0.6 is 11.5 Å². The van der Waals surface area contributed by atoms with E-state index in [1.54, 1.807) is 0 Å². The van der Waals surface area contributed by atoms with E-state index in [0.29, 0.717) is 36.7 Å². The number of amides is 1. The van der Waals surface area contributed by atoms with Crippen LogP contribution in [0.15, 0.2) is 18.2 Å². The normalized spacial score (nSPS) is 33.1. The van der Waals surface area contributed by atoms with Gasteiger partial charge in [-0.1, -0.05) is 0 Å². The molecule has 1 N–H and O–H groups in total. The van der Waals surface area contributed by atoms with Gasteiger partial charge in [-0.05, 0) is 69.4 Å². The van der Waals surface area contributed by atoms with E-state index in [1.807, 2.05) is 18.2 Å². The SMILES string of the molecule is CN(CC(F)(F)F)C1CCN(c2ccc3c(C(=O)N[C@@]4(C)CN5CCC56CC[C@@H]64)nsc3c2)C1. The molecule has 2 unspecified atom stereocenters. The summed E-state index contributed by atoms with van der Waals surface area (Å²) in [6, 6.07) is 5.78. The Balaban J connectivity index is 1.15. The zero-order valence-corrected chi connectivity index (χ0v) is 20.3. The Bertz CT molecular complexity index is 1130. The fourth-order valence-electron chi connectivity index (χ4n) is 6.99. The van der Waals surface area contributed by atoms with Gasteiger partial charge in [-0.15, -0.1) is 0 Å².